The second kappa shape index (κ2) is 5.47. The van der Waals surface area contributed by atoms with Crippen molar-refractivity contribution in [1.29, 1.82) is 0 Å². The molecule has 2 fully saturated rings. The van der Waals surface area contributed by atoms with E-state index in [9.17, 15) is 4.79 Å². The predicted octanol–water partition coefficient (Wildman–Crippen LogP) is -0.408. The van der Waals surface area contributed by atoms with Crippen LogP contribution in [0, 0.1) is 5.92 Å². The standard InChI is InChI=1S/C11H19NO3/c13-11(10-3-1-2-4-10)15-9-12-5-7-14-8-6-12/h10H,1-9H2/p+1. The van der Waals surface area contributed by atoms with Gasteiger partial charge in [0.2, 0.25) is 6.73 Å². The van der Waals surface area contributed by atoms with E-state index in [0.29, 0.717) is 6.73 Å². The van der Waals surface area contributed by atoms with Gasteiger partial charge in [-0.05, 0) is 12.8 Å². The lowest BCUT2D eigenvalue weighted by atomic mass is 10.1. The van der Waals surface area contributed by atoms with Crippen molar-refractivity contribution >= 4 is 5.97 Å². The first kappa shape index (κ1) is 10.9. The van der Waals surface area contributed by atoms with Crippen LogP contribution in [0.1, 0.15) is 25.7 Å². The second-order valence-corrected chi connectivity index (χ2v) is 4.45. The molecule has 0 amide bonds. The number of hydrogen-bond donors (Lipinski definition) is 1. The summed E-state index contributed by atoms with van der Waals surface area (Å²) in [6.07, 6.45) is 4.42. The summed E-state index contributed by atoms with van der Waals surface area (Å²) in [5.41, 5.74) is 0. The number of carbonyl (C=O) groups excluding carboxylic acids is 1. The van der Waals surface area contributed by atoms with Gasteiger partial charge in [0.1, 0.15) is 13.1 Å². The lowest BCUT2D eigenvalue weighted by molar-refractivity contribution is -0.924. The fourth-order valence-corrected chi connectivity index (χ4v) is 2.26. The Kier molecular flexibility index (Phi) is 3.97. The topological polar surface area (TPSA) is 40.0 Å². The molecule has 0 radical (unpaired) electrons. The van der Waals surface area contributed by atoms with E-state index in [-0.39, 0.29) is 11.9 Å². The van der Waals surface area contributed by atoms with Crippen LogP contribution in [0.25, 0.3) is 0 Å². The zero-order chi connectivity index (χ0) is 10.5. The molecule has 4 nitrogen and oxygen atoms in total. The molecule has 1 saturated heterocycles. The van der Waals surface area contributed by atoms with Crippen molar-refractivity contribution in [1.82, 2.24) is 0 Å². The molecule has 4 heteroatoms. The van der Waals surface area contributed by atoms with Crippen molar-refractivity contribution in [3.63, 3.8) is 0 Å². The molecule has 1 saturated carbocycles. The van der Waals surface area contributed by atoms with Crippen LogP contribution >= 0.6 is 0 Å². The number of hydrogen-bond acceptors (Lipinski definition) is 3. The maximum absolute atomic E-state index is 11.6. The predicted molar refractivity (Wildman–Crippen MR) is 54.4 cm³/mol. The first-order chi connectivity index (χ1) is 7.36. The molecule has 1 aliphatic carbocycles. The molecule has 0 aromatic rings. The van der Waals surface area contributed by atoms with Crippen molar-refractivity contribution in [2.45, 2.75) is 25.7 Å². The molecular formula is C11H20NO3+. The van der Waals surface area contributed by atoms with Crippen LogP contribution in [0.4, 0.5) is 0 Å². The molecule has 0 aromatic carbocycles. The Morgan fingerprint density at radius 1 is 1.27 bits per heavy atom. The molecule has 86 valence electrons. The fraction of sp³-hybridized carbons (Fsp3) is 0.909. The molecule has 1 N–H and O–H groups in total. The SMILES string of the molecule is O=C(OC[NH+]1CCOCC1)C1CCCC1. The minimum absolute atomic E-state index is 0.0199. The third-order valence-corrected chi connectivity index (χ3v) is 3.31. The number of ether oxygens (including phenoxy) is 2. The second-order valence-electron chi connectivity index (χ2n) is 4.45. The average molecular weight is 214 g/mol. The molecule has 15 heavy (non-hydrogen) atoms. The molecule has 0 unspecified atom stereocenters. The molecule has 0 atom stereocenters. The van der Waals surface area contributed by atoms with Crippen LogP contribution in [0.5, 0.6) is 0 Å². The summed E-state index contributed by atoms with van der Waals surface area (Å²) in [4.78, 5) is 12.9. The van der Waals surface area contributed by atoms with Gasteiger partial charge in [-0.15, -0.1) is 0 Å². The number of nitrogens with one attached hydrogen (secondary N) is 1. The molecule has 2 aliphatic rings. The van der Waals surface area contributed by atoms with E-state index in [1.54, 1.807) is 0 Å². The lowest BCUT2D eigenvalue weighted by Crippen LogP contribution is -3.14. The summed E-state index contributed by atoms with van der Waals surface area (Å²) in [7, 11) is 0. The third kappa shape index (κ3) is 3.18. The number of esters is 1. The smallest absolute Gasteiger partial charge is 0.313 e. The van der Waals surface area contributed by atoms with Gasteiger partial charge in [-0.2, -0.15) is 0 Å². The van der Waals surface area contributed by atoms with Crippen LogP contribution in [0.3, 0.4) is 0 Å². The van der Waals surface area contributed by atoms with Gasteiger partial charge in [0.25, 0.3) is 0 Å². The summed E-state index contributed by atoms with van der Waals surface area (Å²) in [5, 5.41) is 0. The number of morpholine rings is 1. The van der Waals surface area contributed by atoms with Gasteiger partial charge in [-0.1, -0.05) is 12.8 Å². The first-order valence-electron chi connectivity index (χ1n) is 5.94. The summed E-state index contributed by atoms with van der Waals surface area (Å²) in [6, 6.07) is 0. The van der Waals surface area contributed by atoms with Crippen LogP contribution in [0.15, 0.2) is 0 Å². The highest BCUT2D eigenvalue weighted by atomic mass is 16.5. The summed E-state index contributed by atoms with van der Waals surface area (Å²) >= 11 is 0. The minimum atomic E-state index is 0.0199. The van der Waals surface area contributed by atoms with Crippen molar-refractivity contribution in [2.24, 2.45) is 5.92 Å². The maximum Gasteiger partial charge on any atom is 0.313 e. The first-order valence-corrected chi connectivity index (χ1v) is 5.94. The Hall–Kier alpha value is -0.610. The number of carbonyl (C=O) groups is 1. The van der Waals surface area contributed by atoms with Gasteiger partial charge < -0.3 is 9.47 Å². The van der Waals surface area contributed by atoms with Gasteiger partial charge in [0, 0.05) is 0 Å². The van der Waals surface area contributed by atoms with Gasteiger partial charge in [0.05, 0.1) is 19.1 Å². The summed E-state index contributed by atoms with van der Waals surface area (Å²) in [5.74, 6) is 0.205. The van der Waals surface area contributed by atoms with E-state index >= 15 is 0 Å². The van der Waals surface area contributed by atoms with Gasteiger partial charge >= 0.3 is 5.97 Å². The highest BCUT2D eigenvalue weighted by molar-refractivity contribution is 5.72. The summed E-state index contributed by atoms with van der Waals surface area (Å²) in [6.45, 7) is 4.02. The quantitative estimate of drug-likeness (QED) is 0.649. The molecular weight excluding hydrogens is 194 g/mol. The highest BCUT2D eigenvalue weighted by Crippen LogP contribution is 2.25. The van der Waals surface area contributed by atoms with Gasteiger partial charge in [-0.3, -0.25) is 9.69 Å². The maximum atomic E-state index is 11.6. The molecule has 1 aliphatic heterocycles. The zero-order valence-electron chi connectivity index (χ0n) is 9.17. The van der Waals surface area contributed by atoms with Crippen LogP contribution < -0.4 is 4.90 Å². The minimum Gasteiger partial charge on any atom is -0.415 e. The largest absolute Gasteiger partial charge is 0.415 e. The van der Waals surface area contributed by atoms with Crippen molar-refractivity contribution in [3.8, 4) is 0 Å². The van der Waals surface area contributed by atoms with E-state index in [0.717, 1.165) is 39.1 Å². The Morgan fingerprint density at radius 3 is 2.60 bits per heavy atom. The number of quaternary nitrogens is 1. The van der Waals surface area contributed by atoms with Crippen molar-refractivity contribution in [2.75, 3.05) is 33.0 Å². The Balaban J connectivity index is 1.65. The Labute approximate surface area is 90.5 Å². The van der Waals surface area contributed by atoms with Gasteiger partial charge in [0.15, 0.2) is 0 Å². The highest BCUT2D eigenvalue weighted by Gasteiger charge is 2.25. The van der Waals surface area contributed by atoms with Crippen LogP contribution in [-0.4, -0.2) is 39.0 Å². The Morgan fingerprint density at radius 2 is 1.93 bits per heavy atom. The van der Waals surface area contributed by atoms with E-state index in [2.05, 4.69) is 0 Å². The average Bonchev–Trinajstić information content (AvgIpc) is 2.81. The monoisotopic (exact) mass is 214 g/mol. The molecule has 2 rings (SSSR count). The van der Waals surface area contributed by atoms with E-state index in [1.165, 1.54) is 17.7 Å². The van der Waals surface area contributed by atoms with Crippen molar-refractivity contribution in [3.05, 3.63) is 0 Å². The van der Waals surface area contributed by atoms with Gasteiger partial charge in [-0.25, -0.2) is 0 Å². The zero-order valence-corrected chi connectivity index (χ0v) is 9.17. The molecule has 0 aromatic heterocycles. The van der Waals surface area contributed by atoms with E-state index in [4.69, 9.17) is 9.47 Å². The molecule has 0 spiro atoms. The van der Waals surface area contributed by atoms with Crippen molar-refractivity contribution < 1.29 is 19.2 Å². The van der Waals surface area contributed by atoms with E-state index in [1.807, 2.05) is 0 Å². The molecule has 1 heterocycles. The normalized spacial score (nSPS) is 24.3. The third-order valence-electron chi connectivity index (χ3n) is 3.31. The number of rotatable bonds is 3. The van der Waals surface area contributed by atoms with E-state index < -0.39 is 0 Å². The van der Waals surface area contributed by atoms with Crippen LogP contribution in [-0.2, 0) is 14.3 Å². The molecule has 0 bridgehead atoms. The summed E-state index contributed by atoms with van der Waals surface area (Å²) < 4.78 is 10.6. The lowest BCUT2D eigenvalue weighted by Gasteiger charge is -2.23. The fourth-order valence-electron chi connectivity index (χ4n) is 2.26. The Bertz CT molecular complexity index is 208. The van der Waals surface area contributed by atoms with Crippen LogP contribution in [0.2, 0.25) is 0 Å².